The van der Waals surface area contributed by atoms with E-state index < -0.39 is 10.0 Å². The summed E-state index contributed by atoms with van der Waals surface area (Å²) in [4.78, 5) is 12.5. The van der Waals surface area contributed by atoms with E-state index in [1.807, 2.05) is 13.8 Å². The number of carbonyl (C=O) groups excluding carboxylic acids is 1. The summed E-state index contributed by atoms with van der Waals surface area (Å²) in [5, 5.41) is 3.08. The molecule has 0 bridgehead atoms. The van der Waals surface area contributed by atoms with Crippen LogP contribution >= 0.6 is 11.6 Å². The zero-order chi connectivity index (χ0) is 17.7. The molecule has 1 aliphatic rings. The van der Waals surface area contributed by atoms with Crippen LogP contribution in [0.15, 0.2) is 23.1 Å². The number of hydrogen-bond donors (Lipinski definition) is 1. The van der Waals surface area contributed by atoms with E-state index >= 15 is 0 Å². The maximum absolute atomic E-state index is 12.9. The molecule has 1 aliphatic heterocycles. The molecule has 5 nitrogen and oxygen atoms in total. The van der Waals surface area contributed by atoms with Crippen molar-refractivity contribution in [3.8, 4) is 0 Å². The van der Waals surface area contributed by atoms with Gasteiger partial charge in [0.05, 0.1) is 15.5 Å². The molecule has 134 valence electrons. The Balaban J connectivity index is 2.30. The summed E-state index contributed by atoms with van der Waals surface area (Å²) in [6.45, 7) is 4.91. The van der Waals surface area contributed by atoms with Gasteiger partial charge in [-0.1, -0.05) is 31.4 Å². The average Bonchev–Trinajstić information content (AvgIpc) is 2.84. The molecule has 7 heteroatoms. The highest BCUT2D eigenvalue weighted by Gasteiger charge is 2.26. The largest absolute Gasteiger partial charge is 0.350 e. The van der Waals surface area contributed by atoms with E-state index in [-0.39, 0.29) is 27.4 Å². The lowest BCUT2D eigenvalue weighted by Gasteiger charge is -2.20. The predicted molar refractivity (Wildman–Crippen MR) is 95.9 cm³/mol. The number of carbonyl (C=O) groups is 1. The van der Waals surface area contributed by atoms with Crippen molar-refractivity contribution >= 4 is 27.5 Å². The second-order valence-electron chi connectivity index (χ2n) is 6.24. The van der Waals surface area contributed by atoms with E-state index in [0.717, 1.165) is 32.1 Å². The van der Waals surface area contributed by atoms with Gasteiger partial charge in [0.2, 0.25) is 10.0 Å². The van der Waals surface area contributed by atoms with Gasteiger partial charge < -0.3 is 5.32 Å². The first kappa shape index (κ1) is 19.2. The second-order valence-corrected chi connectivity index (χ2v) is 8.59. The molecular formula is C17H25ClN2O3S. The van der Waals surface area contributed by atoms with E-state index in [0.29, 0.717) is 13.1 Å². The number of nitrogens with one attached hydrogen (secondary N) is 1. The van der Waals surface area contributed by atoms with E-state index in [9.17, 15) is 13.2 Å². The molecule has 0 radical (unpaired) electrons. The Hall–Kier alpha value is -1.11. The van der Waals surface area contributed by atoms with Crippen LogP contribution in [0, 0.1) is 0 Å². The maximum atomic E-state index is 12.9. The normalized spacial score (nSPS) is 18.0. The van der Waals surface area contributed by atoms with Crippen molar-refractivity contribution in [2.24, 2.45) is 0 Å². The third-order valence-electron chi connectivity index (χ3n) is 4.38. The van der Waals surface area contributed by atoms with Crippen molar-refractivity contribution in [3.63, 3.8) is 0 Å². The fraction of sp³-hybridized carbons (Fsp3) is 0.588. The van der Waals surface area contributed by atoms with Crippen molar-refractivity contribution in [2.45, 2.75) is 56.9 Å². The Kier molecular flexibility index (Phi) is 6.66. The Morgan fingerprint density at radius 3 is 2.46 bits per heavy atom. The van der Waals surface area contributed by atoms with E-state index in [1.54, 1.807) is 0 Å². The van der Waals surface area contributed by atoms with Crippen LogP contribution in [0.25, 0.3) is 0 Å². The van der Waals surface area contributed by atoms with Gasteiger partial charge in [0, 0.05) is 19.1 Å². The van der Waals surface area contributed by atoms with Crippen molar-refractivity contribution in [1.29, 1.82) is 0 Å². The minimum atomic E-state index is -3.60. The van der Waals surface area contributed by atoms with Crippen molar-refractivity contribution in [1.82, 2.24) is 9.62 Å². The monoisotopic (exact) mass is 372 g/mol. The average molecular weight is 373 g/mol. The quantitative estimate of drug-likeness (QED) is 0.860. The summed E-state index contributed by atoms with van der Waals surface area (Å²) < 4.78 is 27.2. The van der Waals surface area contributed by atoms with Crippen LogP contribution < -0.4 is 5.32 Å². The number of amides is 1. The molecule has 2 rings (SSSR count). The van der Waals surface area contributed by atoms with Crippen LogP contribution in [-0.2, 0) is 10.0 Å². The molecule has 0 spiro atoms. The molecule has 1 N–H and O–H groups in total. The Morgan fingerprint density at radius 1 is 1.25 bits per heavy atom. The van der Waals surface area contributed by atoms with Crippen LogP contribution in [-0.4, -0.2) is 37.8 Å². The van der Waals surface area contributed by atoms with Crippen LogP contribution in [0.5, 0.6) is 0 Å². The lowest BCUT2D eigenvalue weighted by molar-refractivity contribution is 0.0939. The van der Waals surface area contributed by atoms with Gasteiger partial charge >= 0.3 is 0 Å². The van der Waals surface area contributed by atoms with Crippen LogP contribution in [0.1, 0.15) is 56.3 Å². The third-order valence-corrected chi connectivity index (χ3v) is 6.60. The predicted octanol–water partition coefficient (Wildman–Crippen LogP) is 3.43. The number of hydrogen-bond acceptors (Lipinski definition) is 3. The summed E-state index contributed by atoms with van der Waals surface area (Å²) >= 11 is 6.11. The first-order valence-corrected chi connectivity index (χ1v) is 10.3. The van der Waals surface area contributed by atoms with Crippen molar-refractivity contribution in [2.75, 3.05) is 13.1 Å². The van der Waals surface area contributed by atoms with Crippen LogP contribution in [0.4, 0.5) is 0 Å². The molecule has 0 saturated carbocycles. The highest BCUT2D eigenvalue weighted by Crippen LogP contribution is 2.25. The lowest BCUT2D eigenvalue weighted by Crippen LogP contribution is -2.33. The van der Waals surface area contributed by atoms with Gasteiger partial charge in [-0.3, -0.25) is 4.79 Å². The molecule has 1 saturated heterocycles. The summed E-state index contributed by atoms with van der Waals surface area (Å²) in [5.74, 6) is -0.345. The molecular weight excluding hydrogens is 348 g/mol. The molecule has 24 heavy (non-hydrogen) atoms. The van der Waals surface area contributed by atoms with Crippen LogP contribution in [0.3, 0.4) is 0 Å². The molecule has 0 aromatic heterocycles. The van der Waals surface area contributed by atoms with E-state index in [2.05, 4.69) is 5.32 Å². The zero-order valence-electron chi connectivity index (χ0n) is 14.2. The highest BCUT2D eigenvalue weighted by atomic mass is 35.5. The SMILES string of the molecule is CC[C@H](C)NC(=O)c1cc(S(=O)(=O)N2CCCCCC2)ccc1Cl. The van der Waals surface area contributed by atoms with Crippen molar-refractivity contribution < 1.29 is 13.2 Å². The summed E-state index contributed by atoms with van der Waals surface area (Å²) in [5.41, 5.74) is 0.202. The highest BCUT2D eigenvalue weighted by molar-refractivity contribution is 7.89. The van der Waals surface area contributed by atoms with Crippen LogP contribution in [0.2, 0.25) is 5.02 Å². The van der Waals surface area contributed by atoms with Gasteiger partial charge in [-0.25, -0.2) is 8.42 Å². The van der Waals surface area contributed by atoms with Gasteiger partial charge in [-0.05, 0) is 44.4 Å². The summed E-state index contributed by atoms with van der Waals surface area (Å²) in [6, 6.07) is 4.35. The first-order valence-electron chi connectivity index (χ1n) is 8.47. The fourth-order valence-corrected chi connectivity index (χ4v) is 4.42. The standard InChI is InChI=1S/C17H25ClN2O3S/c1-3-13(2)19-17(21)15-12-14(8-9-16(15)18)24(22,23)20-10-6-4-5-7-11-20/h8-9,12-13H,3-7,10-11H2,1-2H3,(H,19,21)/t13-/m0/s1. The molecule has 1 amide bonds. The Bertz CT molecular complexity index is 683. The fourth-order valence-electron chi connectivity index (χ4n) is 2.67. The zero-order valence-corrected chi connectivity index (χ0v) is 15.8. The van der Waals surface area contributed by atoms with Gasteiger partial charge in [-0.15, -0.1) is 0 Å². The number of rotatable bonds is 5. The number of benzene rings is 1. The summed E-state index contributed by atoms with van der Waals surface area (Å²) in [7, 11) is -3.60. The van der Waals surface area contributed by atoms with Gasteiger partial charge in [0.1, 0.15) is 0 Å². The van der Waals surface area contributed by atoms with Gasteiger partial charge in [0.15, 0.2) is 0 Å². The first-order chi connectivity index (χ1) is 11.4. The molecule has 1 aromatic rings. The number of halogens is 1. The smallest absolute Gasteiger partial charge is 0.253 e. The molecule has 0 aliphatic carbocycles. The molecule has 1 heterocycles. The minimum Gasteiger partial charge on any atom is -0.350 e. The van der Waals surface area contributed by atoms with E-state index in [1.165, 1.54) is 22.5 Å². The summed E-state index contributed by atoms with van der Waals surface area (Å²) in [6.07, 6.45) is 4.63. The lowest BCUT2D eigenvalue weighted by atomic mass is 10.2. The number of sulfonamides is 1. The maximum Gasteiger partial charge on any atom is 0.253 e. The molecule has 1 fully saturated rings. The van der Waals surface area contributed by atoms with Crippen molar-refractivity contribution in [3.05, 3.63) is 28.8 Å². The molecule has 0 unspecified atom stereocenters. The number of nitrogens with zero attached hydrogens (tertiary/aromatic N) is 1. The Labute approximate surface area is 149 Å². The minimum absolute atomic E-state index is 0.000521. The Morgan fingerprint density at radius 2 is 1.88 bits per heavy atom. The van der Waals surface area contributed by atoms with Gasteiger partial charge in [-0.2, -0.15) is 4.31 Å². The van der Waals surface area contributed by atoms with E-state index in [4.69, 9.17) is 11.6 Å². The topological polar surface area (TPSA) is 66.5 Å². The molecule has 1 atom stereocenters. The molecule has 1 aromatic carbocycles. The third kappa shape index (κ3) is 4.49. The van der Waals surface area contributed by atoms with Gasteiger partial charge in [0.25, 0.3) is 5.91 Å². The second kappa shape index (κ2) is 8.32.